The van der Waals surface area contributed by atoms with Gasteiger partial charge in [-0.15, -0.1) is 0 Å². The summed E-state index contributed by atoms with van der Waals surface area (Å²) in [5.74, 6) is -0.177. The zero-order chi connectivity index (χ0) is 13.9. The summed E-state index contributed by atoms with van der Waals surface area (Å²) in [6.45, 7) is 0.454. The minimum Gasteiger partial charge on any atom is -0.350 e. The van der Waals surface area contributed by atoms with Gasteiger partial charge in [0.15, 0.2) is 0 Å². The number of amides is 2. The average molecular weight is 269 g/mol. The van der Waals surface area contributed by atoms with E-state index in [1.807, 2.05) is 30.3 Å². The highest BCUT2D eigenvalue weighted by Gasteiger charge is 2.26. The third-order valence-corrected chi connectivity index (χ3v) is 3.45. The molecule has 0 aliphatic carbocycles. The molecule has 20 heavy (non-hydrogen) atoms. The molecule has 5 heteroatoms. The maximum absolute atomic E-state index is 11.9. The van der Waals surface area contributed by atoms with Crippen LogP contribution in [-0.2, 0) is 16.1 Å². The molecule has 1 aromatic carbocycles. The van der Waals surface area contributed by atoms with E-state index in [4.69, 9.17) is 0 Å². The Kier molecular flexibility index (Phi) is 3.33. The zero-order valence-corrected chi connectivity index (χ0v) is 10.9. The lowest BCUT2D eigenvalue weighted by atomic mass is 10.1. The Morgan fingerprint density at radius 1 is 1.40 bits per heavy atom. The van der Waals surface area contributed by atoms with Gasteiger partial charge in [0.2, 0.25) is 11.8 Å². The first kappa shape index (κ1) is 12.6. The predicted octanol–water partition coefficient (Wildman–Crippen LogP) is 1.13. The van der Waals surface area contributed by atoms with Crippen molar-refractivity contribution in [3.8, 4) is 0 Å². The number of nitrogens with zero attached hydrogens (tertiary/aromatic N) is 1. The van der Waals surface area contributed by atoms with Crippen LogP contribution in [0.1, 0.15) is 18.4 Å². The first-order chi connectivity index (χ1) is 9.72. The van der Waals surface area contributed by atoms with Gasteiger partial charge in [0.05, 0.1) is 5.52 Å². The van der Waals surface area contributed by atoms with Gasteiger partial charge in [-0.2, -0.15) is 0 Å². The molecule has 5 nitrogen and oxygen atoms in total. The molecule has 1 unspecified atom stereocenters. The topological polar surface area (TPSA) is 71.1 Å². The predicted molar refractivity (Wildman–Crippen MR) is 74.8 cm³/mol. The molecule has 0 bridgehead atoms. The molecule has 2 N–H and O–H groups in total. The maximum atomic E-state index is 11.9. The van der Waals surface area contributed by atoms with Crippen LogP contribution in [0.25, 0.3) is 10.9 Å². The number of rotatable bonds is 3. The lowest BCUT2D eigenvalue weighted by Crippen LogP contribution is -2.41. The molecule has 2 aromatic rings. The normalized spacial score (nSPS) is 18.0. The van der Waals surface area contributed by atoms with Crippen molar-refractivity contribution in [2.45, 2.75) is 25.4 Å². The van der Waals surface area contributed by atoms with Crippen molar-refractivity contribution in [1.82, 2.24) is 15.6 Å². The van der Waals surface area contributed by atoms with Gasteiger partial charge in [0, 0.05) is 24.5 Å². The van der Waals surface area contributed by atoms with Crippen LogP contribution in [0, 0.1) is 0 Å². The zero-order valence-electron chi connectivity index (χ0n) is 10.9. The number of hydrogen-bond acceptors (Lipinski definition) is 3. The highest BCUT2D eigenvalue weighted by molar-refractivity contribution is 5.90. The highest BCUT2D eigenvalue weighted by atomic mass is 16.2. The number of pyridine rings is 1. The molecule has 1 aliphatic heterocycles. The highest BCUT2D eigenvalue weighted by Crippen LogP contribution is 2.13. The summed E-state index contributed by atoms with van der Waals surface area (Å²) in [7, 11) is 0. The van der Waals surface area contributed by atoms with E-state index in [1.165, 1.54) is 0 Å². The summed E-state index contributed by atoms with van der Waals surface area (Å²) in [4.78, 5) is 27.2. The van der Waals surface area contributed by atoms with Crippen molar-refractivity contribution in [3.63, 3.8) is 0 Å². The minimum atomic E-state index is -0.385. The van der Waals surface area contributed by atoms with Gasteiger partial charge in [-0.25, -0.2) is 0 Å². The summed E-state index contributed by atoms with van der Waals surface area (Å²) < 4.78 is 0. The van der Waals surface area contributed by atoms with Crippen molar-refractivity contribution in [1.29, 1.82) is 0 Å². The Morgan fingerprint density at radius 3 is 3.10 bits per heavy atom. The van der Waals surface area contributed by atoms with Crippen molar-refractivity contribution >= 4 is 22.7 Å². The Morgan fingerprint density at radius 2 is 2.30 bits per heavy atom. The fourth-order valence-electron chi connectivity index (χ4n) is 2.36. The van der Waals surface area contributed by atoms with Crippen molar-refractivity contribution < 1.29 is 9.59 Å². The second-order valence-corrected chi connectivity index (χ2v) is 4.91. The molecule has 2 heterocycles. The quantitative estimate of drug-likeness (QED) is 0.877. The van der Waals surface area contributed by atoms with E-state index in [1.54, 1.807) is 6.20 Å². The Hall–Kier alpha value is -2.43. The molecule has 1 atom stereocenters. The third kappa shape index (κ3) is 2.61. The van der Waals surface area contributed by atoms with Crippen LogP contribution in [0.4, 0.5) is 0 Å². The van der Waals surface area contributed by atoms with Gasteiger partial charge in [-0.3, -0.25) is 14.6 Å². The van der Waals surface area contributed by atoms with E-state index in [0.717, 1.165) is 16.5 Å². The fraction of sp³-hybridized carbons (Fsp3) is 0.267. The molecule has 1 aromatic heterocycles. The molecule has 102 valence electrons. The van der Waals surface area contributed by atoms with E-state index in [9.17, 15) is 9.59 Å². The van der Waals surface area contributed by atoms with Gasteiger partial charge in [0.25, 0.3) is 0 Å². The van der Waals surface area contributed by atoms with Crippen molar-refractivity contribution in [2.24, 2.45) is 0 Å². The molecular weight excluding hydrogens is 254 g/mol. The first-order valence-electron chi connectivity index (χ1n) is 6.63. The number of hydrogen-bond donors (Lipinski definition) is 2. The van der Waals surface area contributed by atoms with Gasteiger partial charge in [-0.1, -0.05) is 12.1 Å². The molecule has 0 saturated carbocycles. The number of benzene rings is 1. The summed E-state index contributed by atoms with van der Waals surface area (Å²) in [5.41, 5.74) is 1.95. The monoisotopic (exact) mass is 269 g/mol. The average Bonchev–Trinajstić information content (AvgIpc) is 2.91. The van der Waals surface area contributed by atoms with Gasteiger partial charge >= 0.3 is 0 Å². The van der Waals surface area contributed by atoms with Crippen LogP contribution < -0.4 is 10.6 Å². The van der Waals surface area contributed by atoms with E-state index < -0.39 is 0 Å². The second-order valence-electron chi connectivity index (χ2n) is 4.91. The lowest BCUT2D eigenvalue weighted by Gasteiger charge is -2.11. The van der Waals surface area contributed by atoms with Gasteiger partial charge < -0.3 is 10.6 Å². The number of carbonyl (C=O) groups is 2. The molecule has 2 amide bonds. The first-order valence-corrected chi connectivity index (χ1v) is 6.63. The van der Waals surface area contributed by atoms with E-state index in [0.29, 0.717) is 19.4 Å². The van der Waals surface area contributed by atoms with Crippen LogP contribution in [0.5, 0.6) is 0 Å². The Labute approximate surface area is 116 Å². The van der Waals surface area contributed by atoms with Gasteiger partial charge in [0.1, 0.15) is 6.04 Å². The minimum absolute atomic E-state index is 0.0538. The third-order valence-electron chi connectivity index (χ3n) is 3.45. The smallest absolute Gasteiger partial charge is 0.242 e. The van der Waals surface area contributed by atoms with Crippen LogP contribution in [0.2, 0.25) is 0 Å². The second kappa shape index (κ2) is 5.28. The number of nitrogens with one attached hydrogen (secondary N) is 2. The summed E-state index contributed by atoms with van der Waals surface area (Å²) in [6.07, 6.45) is 2.76. The van der Waals surface area contributed by atoms with Crippen LogP contribution >= 0.6 is 0 Å². The number of aromatic nitrogens is 1. The summed E-state index contributed by atoms with van der Waals surface area (Å²) >= 11 is 0. The largest absolute Gasteiger partial charge is 0.350 e. The molecular formula is C15H15N3O2. The maximum Gasteiger partial charge on any atom is 0.242 e. The van der Waals surface area contributed by atoms with E-state index in [2.05, 4.69) is 15.6 Å². The van der Waals surface area contributed by atoms with Crippen LogP contribution in [-0.4, -0.2) is 22.8 Å². The summed E-state index contributed by atoms with van der Waals surface area (Å²) in [5, 5.41) is 6.56. The standard InChI is InChI=1S/C15H15N3O2/c19-14-6-5-13(18-14)15(20)17-9-10-3-4-12-11(8-10)2-1-7-16-12/h1-4,7-8,13H,5-6,9H2,(H,17,20)(H,18,19). The molecule has 1 aliphatic rings. The number of fused-ring (bicyclic) bond motifs is 1. The molecule has 0 spiro atoms. The van der Waals surface area contributed by atoms with Crippen molar-refractivity contribution in [3.05, 3.63) is 42.1 Å². The van der Waals surface area contributed by atoms with Gasteiger partial charge in [-0.05, 0) is 30.2 Å². The lowest BCUT2D eigenvalue weighted by molar-refractivity contribution is -0.125. The number of carbonyl (C=O) groups excluding carboxylic acids is 2. The van der Waals surface area contributed by atoms with Crippen molar-refractivity contribution in [2.75, 3.05) is 0 Å². The molecule has 1 fully saturated rings. The Balaban J connectivity index is 1.64. The SMILES string of the molecule is O=C1CCC(C(=O)NCc2ccc3ncccc3c2)N1. The van der Waals surface area contributed by atoms with Crippen LogP contribution in [0.3, 0.4) is 0 Å². The van der Waals surface area contributed by atoms with E-state index in [-0.39, 0.29) is 17.9 Å². The summed E-state index contributed by atoms with van der Waals surface area (Å²) in [6, 6.07) is 9.39. The molecule has 0 radical (unpaired) electrons. The molecule has 3 rings (SSSR count). The van der Waals surface area contributed by atoms with E-state index >= 15 is 0 Å². The molecule has 1 saturated heterocycles. The fourth-order valence-corrected chi connectivity index (χ4v) is 2.36. The van der Waals surface area contributed by atoms with Crippen LogP contribution in [0.15, 0.2) is 36.5 Å². The Bertz CT molecular complexity index is 669.